The van der Waals surface area contributed by atoms with Crippen molar-refractivity contribution >= 4 is 26.0 Å². The molecular formula is C12H16BrNO2S. The second-order valence-corrected chi connectivity index (χ2v) is 7.38. The number of alkyl halides is 1. The van der Waals surface area contributed by atoms with Gasteiger partial charge < -0.3 is 0 Å². The minimum atomic E-state index is -3.37. The van der Waals surface area contributed by atoms with Crippen LogP contribution in [0.15, 0.2) is 29.2 Å². The van der Waals surface area contributed by atoms with Crippen molar-refractivity contribution in [2.45, 2.75) is 42.0 Å². The zero-order chi connectivity index (χ0) is 12.5. The van der Waals surface area contributed by atoms with E-state index in [0.29, 0.717) is 4.90 Å². The SMILES string of the molecule is Cc1ccc(S(=O)(=O)NC2CCCC2Br)cc1. The highest BCUT2D eigenvalue weighted by atomic mass is 79.9. The maximum atomic E-state index is 12.1. The first-order chi connectivity index (χ1) is 7.99. The van der Waals surface area contributed by atoms with Crippen LogP contribution >= 0.6 is 15.9 Å². The molecule has 0 amide bonds. The number of hydrogen-bond donors (Lipinski definition) is 1. The average Bonchev–Trinajstić information content (AvgIpc) is 2.64. The predicted octanol–water partition coefficient (Wildman–Crippen LogP) is 2.59. The Balaban J connectivity index is 2.16. The van der Waals surface area contributed by atoms with Crippen LogP contribution in [0.4, 0.5) is 0 Å². The molecule has 0 heterocycles. The van der Waals surface area contributed by atoms with E-state index in [4.69, 9.17) is 0 Å². The lowest BCUT2D eigenvalue weighted by atomic mass is 10.2. The molecule has 2 atom stereocenters. The van der Waals surface area contributed by atoms with Gasteiger partial charge in [0.15, 0.2) is 0 Å². The van der Waals surface area contributed by atoms with E-state index < -0.39 is 10.0 Å². The Kier molecular flexibility index (Phi) is 3.90. The van der Waals surface area contributed by atoms with Crippen molar-refractivity contribution in [1.82, 2.24) is 4.72 Å². The number of aryl methyl sites for hydroxylation is 1. The fraction of sp³-hybridized carbons (Fsp3) is 0.500. The molecule has 94 valence electrons. The molecule has 1 aliphatic carbocycles. The van der Waals surface area contributed by atoms with Crippen LogP contribution in [0.25, 0.3) is 0 Å². The van der Waals surface area contributed by atoms with E-state index in [-0.39, 0.29) is 10.9 Å². The van der Waals surface area contributed by atoms with Crippen LogP contribution in [0, 0.1) is 6.92 Å². The number of rotatable bonds is 3. The van der Waals surface area contributed by atoms with E-state index in [1.54, 1.807) is 12.1 Å². The van der Waals surface area contributed by atoms with Gasteiger partial charge in [-0.1, -0.05) is 40.0 Å². The second kappa shape index (κ2) is 5.08. The van der Waals surface area contributed by atoms with Crippen molar-refractivity contribution in [1.29, 1.82) is 0 Å². The van der Waals surface area contributed by atoms with Crippen LogP contribution in [0.1, 0.15) is 24.8 Å². The molecule has 1 saturated carbocycles. The Morgan fingerprint density at radius 1 is 1.24 bits per heavy atom. The number of nitrogens with one attached hydrogen (secondary N) is 1. The normalized spacial score (nSPS) is 25.1. The first-order valence-corrected chi connectivity index (χ1v) is 8.12. The molecule has 17 heavy (non-hydrogen) atoms. The van der Waals surface area contributed by atoms with Gasteiger partial charge in [0.2, 0.25) is 10.0 Å². The second-order valence-electron chi connectivity index (χ2n) is 4.49. The third-order valence-electron chi connectivity index (χ3n) is 3.07. The van der Waals surface area contributed by atoms with E-state index >= 15 is 0 Å². The van der Waals surface area contributed by atoms with Gasteiger partial charge in [-0.2, -0.15) is 0 Å². The summed E-state index contributed by atoms with van der Waals surface area (Å²) < 4.78 is 27.0. The first kappa shape index (κ1) is 13.1. The van der Waals surface area contributed by atoms with Crippen LogP contribution in [0.2, 0.25) is 0 Å². The molecule has 0 saturated heterocycles. The molecule has 3 nitrogen and oxygen atoms in total. The summed E-state index contributed by atoms with van der Waals surface area (Å²) in [6, 6.07) is 6.94. The average molecular weight is 318 g/mol. The maximum absolute atomic E-state index is 12.1. The minimum absolute atomic E-state index is 0.0151. The third-order valence-corrected chi connectivity index (χ3v) is 5.67. The van der Waals surface area contributed by atoms with Crippen molar-refractivity contribution in [2.75, 3.05) is 0 Å². The monoisotopic (exact) mass is 317 g/mol. The van der Waals surface area contributed by atoms with Crippen LogP contribution in [0.5, 0.6) is 0 Å². The van der Waals surface area contributed by atoms with Crippen molar-refractivity contribution in [3.63, 3.8) is 0 Å². The summed E-state index contributed by atoms with van der Waals surface area (Å²) in [5, 5.41) is 0. The zero-order valence-corrected chi connectivity index (χ0v) is 12.1. The quantitative estimate of drug-likeness (QED) is 0.871. The van der Waals surface area contributed by atoms with Crippen molar-refractivity contribution < 1.29 is 8.42 Å². The Hall–Kier alpha value is -0.390. The highest BCUT2D eigenvalue weighted by Gasteiger charge is 2.29. The molecule has 1 N–H and O–H groups in total. The van der Waals surface area contributed by atoms with Crippen molar-refractivity contribution in [2.24, 2.45) is 0 Å². The van der Waals surface area contributed by atoms with E-state index in [1.165, 1.54) is 0 Å². The number of halogens is 1. The predicted molar refractivity (Wildman–Crippen MR) is 71.9 cm³/mol. The van der Waals surface area contributed by atoms with Gasteiger partial charge in [-0.25, -0.2) is 13.1 Å². The Morgan fingerprint density at radius 2 is 1.88 bits per heavy atom. The van der Waals surface area contributed by atoms with E-state index in [0.717, 1.165) is 24.8 Å². The van der Waals surface area contributed by atoms with Gasteiger partial charge in [-0.05, 0) is 31.9 Å². The smallest absolute Gasteiger partial charge is 0.207 e. The topological polar surface area (TPSA) is 46.2 Å². The third kappa shape index (κ3) is 3.09. The standard InChI is InChI=1S/C12H16BrNO2S/c1-9-5-7-10(8-6-9)17(15,16)14-12-4-2-3-11(12)13/h5-8,11-12,14H,2-4H2,1H3. The van der Waals surface area contributed by atoms with Gasteiger partial charge in [-0.3, -0.25) is 0 Å². The molecule has 1 fully saturated rings. The van der Waals surface area contributed by atoms with Gasteiger partial charge in [-0.15, -0.1) is 0 Å². The molecule has 0 aromatic heterocycles. The molecule has 0 spiro atoms. The summed E-state index contributed by atoms with van der Waals surface area (Å²) in [4.78, 5) is 0.595. The number of hydrogen-bond acceptors (Lipinski definition) is 2. The molecule has 0 radical (unpaired) electrons. The van der Waals surface area contributed by atoms with Gasteiger partial charge >= 0.3 is 0 Å². The summed E-state index contributed by atoms with van der Waals surface area (Å²) in [6.07, 6.45) is 3.00. The molecule has 2 unspecified atom stereocenters. The van der Waals surface area contributed by atoms with Gasteiger partial charge in [0.1, 0.15) is 0 Å². The first-order valence-electron chi connectivity index (χ1n) is 5.72. The fourth-order valence-electron chi connectivity index (χ4n) is 2.03. The lowest BCUT2D eigenvalue weighted by molar-refractivity contribution is 0.556. The molecule has 1 aromatic carbocycles. The van der Waals surface area contributed by atoms with E-state index in [2.05, 4.69) is 20.7 Å². The molecule has 0 bridgehead atoms. The molecule has 2 rings (SSSR count). The summed E-state index contributed by atoms with van der Waals surface area (Å²) in [5.74, 6) is 0. The maximum Gasteiger partial charge on any atom is 0.240 e. The van der Waals surface area contributed by atoms with E-state index in [1.807, 2.05) is 19.1 Å². The zero-order valence-electron chi connectivity index (χ0n) is 9.69. The van der Waals surface area contributed by atoms with E-state index in [9.17, 15) is 8.42 Å². The highest BCUT2D eigenvalue weighted by molar-refractivity contribution is 9.09. The van der Waals surface area contributed by atoms with Crippen molar-refractivity contribution in [3.8, 4) is 0 Å². The minimum Gasteiger partial charge on any atom is -0.207 e. The Morgan fingerprint density at radius 3 is 2.41 bits per heavy atom. The molecule has 0 aliphatic heterocycles. The van der Waals surface area contributed by atoms with Crippen LogP contribution in [-0.4, -0.2) is 19.3 Å². The summed E-state index contributed by atoms with van der Waals surface area (Å²) >= 11 is 3.51. The summed E-state index contributed by atoms with van der Waals surface area (Å²) in [6.45, 7) is 1.94. The number of benzene rings is 1. The lowest BCUT2D eigenvalue weighted by Gasteiger charge is -2.16. The largest absolute Gasteiger partial charge is 0.240 e. The fourth-order valence-corrected chi connectivity index (χ4v) is 4.24. The van der Waals surface area contributed by atoms with Crippen LogP contribution in [0.3, 0.4) is 0 Å². The summed E-state index contributed by atoms with van der Waals surface area (Å²) in [7, 11) is -3.37. The van der Waals surface area contributed by atoms with Crippen LogP contribution in [-0.2, 0) is 10.0 Å². The Labute approximate surface area is 111 Å². The lowest BCUT2D eigenvalue weighted by Crippen LogP contribution is -2.37. The molecule has 1 aromatic rings. The van der Waals surface area contributed by atoms with Gasteiger partial charge in [0.25, 0.3) is 0 Å². The number of sulfonamides is 1. The molecule has 5 heteroatoms. The molecule has 1 aliphatic rings. The van der Waals surface area contributed by atoms with Crippen LogP contribution < -0.4 is 4.72 Å². The highest BCUT2D eigenvalue weighted by Crippen LogP contribution is 2.27. The van der Waals surface area contributed by atoms with Gasteiger partial charge in [0.05, 0.1) is 4.90 Å². The Bertz CT molecular complexity index is 484. The molecular weight excluding hydrogens is 302 g/mol. The summed E-state index contributed by atoms with van der Waals surface area (Å²) in [5.41, 5.74) is 1.06. The van der Waals surface area contributed by atoms with Gasteiger partial charge in [0, 0.05) is 10.9 Å². The van der Waals surface area contributed by atoms with Crippen molar-refractivity contribution in [3.05, 3.63) is 29.8 Å².